The monoisotopic (exact) mass is 216 g/mol. The van der Waals surface area contributed by atoms with Crippen molar-refractivity contribution in [2.45, 2.75) is 26.2 Å². The summed E-state index contributed by atoms with van der Waals surface area (Å²) in [5.74, 6) is 3.50. The lowest BCUT2D eigenvalue weighted by Crippen LogP contribution is -2.30. The third-order valence-corrected chi connectivity index (χ3v) is 3.83. The van der Waals surface area contributed by atoms with Crippen molar-refractivity contribution >= 4 is 11.8 Å². The number of nitrogens with two attached hydrogens (primary N) is 1. The summed E-state index contributed by atoms with van der Waals surface area (Å²) in [5.41, 5.74) is 5.52. The Bertz CT molecular complexity index is 133. The second-order valence-corrected chi connectivity index (χ2v) is 5.53. The SMILES string of the molecule is CC(CCCN)CN1CCCSCC1. The fraction of sp³-hybridized carbons (Fsp3) is 1.00. The molecule has 1 heterocycles. The van der Waals surface area contributed by atoms with Crippen LogP contribution in [0.3, 0.4) is 0 Å². The third kappa shape index (κ3) is 5.23. The molecule has 0 radical (unpaired) electrons. The van der Waals surface area contributed by atoms with Crippen LogP contribution in [-0.2, 0) is 0 Å². The fourth-order valence-corrected chi connectivity index (χ4v) is 2.90. The molecule has 3 heteroatoms. The van der Waals surface area contributed by atoms with Crippen molar-refractivity contribution in [1.82, 2.24) is 4.90 Å². The summed E-state index contributed by atoms with van der Waals surface area (Å²) in [6, 6.07) is 0. The number of hydrogen-bond donors (Lipinski definition) is 1. The molecule has 1 fully saturated rings. The predicted octanol–water partition coefficient (Wildman–Crippen LogP) is 1.80. The lowest BCUT2D eigenvalue weighted by molar-refractivity contribution is 0.247. The minimum absolute atomic E-state index is 0.821. The van der Waals surface area contributed by atoms with Gasteiger partial charge in [0.2, 0.25) is 0 Å². The molecule has 1 atom stereocenters. The first-order chi connectivity index (χ1) is 6.83. The van der Waals surface area contributed by atoms with E-state index in [0.717, 1.165) is 12.5 Å². The Morgan fingerprint density at radius 3 is 3.00 bits per heavy atom. The van der Waals surface area contributed by atoms with Crippen LogP contribution in [0.1, 0.15) is 26.2 Å². The second kappa shape index (κ2) is 7.55. The van der Waals surface area contributed by atoms with Crippen LogP contribution in [0.15, 0.2) is 0 Å². The van der Waals surface area contributed by atoms with E-state index in [1.807, 2.05) is 0 Å². The highest BCUT2D eigenvalue weighted by atomic mass is 32.2. The van der Waals surface area contributed by atoms with Gasteiger partial charge in [-0.25, -0.2) is 0 Å². The van der Waals surface area contributed by atoms with E-state index in [0.29, 0.717) is 0 Å². The van der Waals surface area contributed by atoms with Gasteiger partial charge in [0, 0.05) is 18.8 Å². The van der Waals surface area contributed by atoms with Crippen molar-refractivity contribution in [2.75, 3.05) is 37.7 Å². The van der Waals surface area contributed by atoms with Gasteiger partial charge in [-0.05, 0) is 44.0 Å². The van der Waals surface area contributed by atoms with Crippen LogP contribution in [0.2, 0.25) is 0 Å². The van der Waals surface area contributed by atoms with E-state index in [9.17, 15) is 0 Å². The number of nitrogens with zero attached hydrogens (tertiary/aromatic N) is 1. The summed E-state index contributed by atoms with van der Waals surface area (Å²) in [6.07, 6.45) is 3.85. The van der Waals surface area contributed by atoms with E-state index in [2.05, 4.69) is 23.6 Å². The first-order valence-corrected chi connectivity index (χ1v) is 6.98. The molecule has 1 saturated heterocycles. The standard InChI is InChI=1S/C11H24N2S/c1-11(4-2-5-12)10-13-6-3-8-14-9-7-13/h11H,2-10,12H2,1H3. The largest absolute Gasteiger partial charge is 0.330 e. The van der Waals surface area contributed by atoms with Crippen molar-refractivity contribution in [3.63, 3.8) is 0 Å². The average molecular weight is 216 g/mol. The molecule has 84 valence electrons. The van der Waals surface area contributed by atoms with Crippen LogP contribution in [0.25, 0.3) is 0 Å². The molecule has 0 amide bonds. The Labute approximate surface area is 92.6 Å². The molecule has 0 bridgehead atoms. The van der Waals surface area contributed by atoms with Gasteiger partial charge in [-0.3, -0.25) is 0 Å². The van der Waals surface area contributed by atoms with E-state index in [-0.39, 0.29) is 0 Å². The average Bonchev–Trinajstić information content (AvgIpc) is 2.43. The highest BCUT2D eigenvalue weighted by Crippen LogP contribution is 2.13. The fourth-order valence-electron chi connectivity index (χ4n) is 1.98. The highest BCUT2D eigenvalue weighted by Gasteiger charge is 2.11. The molecule has 0 saturated carbocycles. The molecule has 14 heavy (non-hydrogen) atoms. The molecule has 1 aliphatic rings. The van der Waals surface area contributed by atoms with Crippen molar-refractivity contribution < 1.29 is 0 Å². The highest BCUT2D eigenvalue weighted by molar-refractivity contribution is 7.99. The lowest BCUT2D eigenvalue weighted by atomic mass is 10.1. The number of thioether (sulfide) groups is 1. The number of hydrogen-bond acceptors (Lipinski definition) is 3. The smallest absolute Gasteiger partial charge is 0.00725 e. The van der Waals surface area contributed by atoms with Crippen LogP contribution in [0.5, 0.6) is 0 Å². The topological polar surface area (TPSA) is 29.3 Å². The maximum absolute atomic E-state index is 5.52. The molecule has 1 aliphatic heterocycles. The maximum Gasteiger partial charge on any atom is 0.00725 e. The van der Waals surface area contributed by atoms with Crippen molar-refractivity contribution in [3.8, 4) is 0 Å². The normalized spacial score (nSPS) is 21.9. The lowest BCUT2D eigenvalue weighted by Gasteiger charge is -2.23. The molecule has 0 aromatic carbocycles. The summed E-state index contributed by atoms with van der Waals surface area (Å²) in [6.45, 7) is 7.08. The van der Waals surface area contributed by atoms with Crippen molar-refractivity contribution in [3.05, 3.63) is 0 Å². The van der Waals surface area contributed by atoms with Gasteiger partial charge in [0.15, 0.2) is 0 Å². The Kier molecular flexibility index (Phi) is 6.65. The van der Waals surface area contributed by atoms with Crippen LogP contribution in [-0.4, -0.2) is 42.6 Å². The molecular weight excluding hydrogens is 192 g/mol. The van der Waals surface area contributed by atoms with Gasteiger partial charge in [-0.1, -0.05) is 6.92 Å². The first kappa shape index (κ1) is 12.3. The molecule has 2 nitrogen and oxygen atoms in total. The maximum atomic E-state index is 5.52. The quantitative estimate of drug-likeness (QED) is 0.760. The summed E-state index contributed by atoms with van der Waals surface area (Å²) < 4.78 is 0. The summed E-state index contributed by atoms with van der Waals surface area (Å²) >= 11 is 2.10. The molecule has 0 aromatic rings. The minimum atomic E-state index is 0.821. The van der Waals surface area contributed by atoms with Gasteiger partial charge < -0.3 is 10.6 Å². The van der Waals surface area contributed by atoms with E-state index in [1.165, 1.54) is 50.4 Å². The van der Waals surface area contributed by atoms with Crippen molar-refractivity contribution in [2.24, 2.45) is 11.7 Å². The van der Waals surface area contributed by atoms with E-state index in [4.69, 9.17) is 5.73 Å². The molecule has 0 spiro atoms. The van der Waals surface area contributed by atoms with E-state index >= 15 is 0 Å². The second-order valence-electron chi connectivity index (χ2n) is 4.30. The molecule has 1 unspecified atom stereocenters. The predicted molar refractivity (Wildman–Crippen MR) is 65.8 cm³/mol. The zero-order valence-electron chi connectivity index (χ0n) is 9.37. The van der Waals surface area contributed by atoms with Crippen LogP contribution >= 0.6 is 11.8 Å². The summed E-state index contributed by atoms with van der Waals surface area (Å²) in [5, 5.41) is 0. The minimum Gasteiger partial charge on any atom is -0.330 e. The van der Waals surface area contributed by atoms with Gasteiger partial charge in [0.1, 0.15) is 0 Å². The zero-order chi connectivity index (χ0) is 10.2. The van der Waals surface area contributed by atoms with Gasteiger partial charge in [-0.15, -0.1) is 0 Å². The third-order valence-electron chi connectivity index (χ3n) is 2.79. The first-order valence-electron chi connectivity index (χ1n) is 5.83. The molecule has 2 N–H and O–H groups in total. The molecule has 0 aliphatic carbocycles. The van der Waals surface area contributed by atoms with E-state index in [1.54, 1.807) is 0 Å². The molecule has 1 rings (SSSR count). The summed E-state index contributed by atoms with van der Waals surface area (Å²) in [7, 11) is 0. The van der Waals surface area contributed by atoms with Gasteiger partial charge in [0.05, 0.1) is 0 Å². The summed E-state index contributed by atoms with van der Waals surface area (Å²) in [4.78, 5) is 2.63. The zero-order valence-corrected chi connectivity index (χ0v) is 10.2. The van der Waals surface area contributed by atoms with Crippen LogP contribution < -0.4 is 5.73 Å². The number of rotatable bonds is 5. The molecular formula is C11H24N2S. The van der Waals surface area contributed by atoms with Gasteiger partial charge >= 0.3 is 0 Å². The Morgan fingerprint density at radius 1 is 1.36 bits per heavy atom. The Hall–Kier alpha value is 0.270. The van der Waals surface area contributed by atoms with E-state index < -0.39 is 0 Å². The van der Waals surface area contributed by atoms with Crippen LogP contribution in [0, 0.1) is 5.92 Å². The Morgan fingerprint density at radius 2 is 2.21 bits per heavy atom. The molecule has 0 aromatic heterocycles. The Balaban J connectivity index is 2.13. The van der Waals surface area contributed by atoms with Crippen LogP contribution in [0.4, 0.5) is 0 Å². The van der Waals surface area contributed by atoms with Crippen molar-refractivity contribution in [1.29, 1.82) is 0 Å². The van der Waals surface area contributed by atoms with Gasteiger partial charge in [0.25, 0.3) is 0 Å². The van der Waals surface area contributed by atoms with Gasteiger partial charge in [-0.2, -0.15) is 11.8 Å².